The van der Waals surface area contributed by atoms with Crippen LogP contribution in [-0.4, -0.2) is 0 Å². The summed E-state index contributed by atoms with van der Waals surface area (Å²) in [4.78, 5) is 0. The maximum Gasteiger partial charge on any atom is 0.103 e. The van der Waals surface area contributed by atoms with Crippen molar-refractivity contribution < 1.29 is 4.42 Å². The quantitative estimate of drug-likeness (QED) is 0.194. The van der Waals surface area contributed by atoms with Crippen LogP contribution in [0.1, 0.15) is 122 Å². The van der Waals surface area contributed by atoms with Crippen LogP contribution in [0.5, 0.6) is 0 Å². The average molecular weight is 383 g/mol. The second-order valence-corrected chi connectivity index (χ2v) is 7.88. The summed E-state index contributed by atoms with van der Waals surface area (Å²) < 4.78 is 5.36. The fraction of sp³-hybridized carbons (Fsp3) is 0.704. The number of hydrogen-bond acceptors (Lipinski definition) is 1. The first-order chi connectivity index (χ1) is 13.9. The van der Waals surface area contributed by atoms with Gasteiger partial charge in [-0.1, -0.05) is 95.8 Å². The van der Waals surface area contributed by atoms with Crippen LogP contribution in [-0.2, 0) is 6.42 Å². The highest BCUT2D eigenvalue weighted by Gasteiger charge is 1.96. The van der Waals surface area contributed by atoms with Gasteiger partial charge >= 0.3 is 0 Å². The van der Waals surface area contributed by atoms with Gasteiger partial charge in [0.1, 0.15) is 5.76 Å². The first-order valence-electron chi connectivity index (χ1n) is 11.9. The molecule has 0 spiro atoms. The molecule has 1 aromatic rings. The highest BCUT2D eigenvalue weighted by molar-refractivity contribution is 5.25. The van der Waals surface area contributed by atoms with Crippen molar-refractivity contribution in [2.45, 2.75) is 122 Å². The van der Waals surface area contributed by atoms with Gasteiger partial charge in [0, 0.05) is 19.3 Å². The van der Waals surface area contributed by atoms with Crippen molar-refractivity contribution in [2.75, 3.05) is 0 Å². The Morgan fingerprint density at radius 2 is 1.14 bits per heavy atom. The van der Waals surface area contributed by atoms with E-state index >= 15 is 0 Å². The third-order valence-corrected chi connectivity index (χ3v) is 5.20. The molecule has 0 saturated heterocycles. The SMILES string of the molecule is CCCCCCC#CC#CCCCCCCCCCCCCCc1ccco1. The molecular formula is C27H42O. The van der Waals surface area contributed by atoms with Gasteiger partial charge in [0.25, 0.3) is 0 Å². The van der Waals surface area contributed by atoms with Crippen LogP contribution in [0.15, 0.2) is 22.8 Å². The molecule has 0 atom stereocenters. The van der Waals surface area contributed by atoms with Crippen LogP contribution in [0, 0.1) is 23.7 Å². The van der Waals surface area contributed by atoms with Crippen molar-refractivity contribution in [1.29, 1.82) is 0 Å². The third kappa shape index (κ3) is 16.6. The lowest BCUT2D eigenvalue weighted by atomic mass is 10.0. The van der Waals surface area contributed by atoms with Crippen LogP contribution in [0.4, 0.5) is 0 Å². The molecule has 0 saturated carbocycles. The maximum atomic E-state index is 5.36. The summed E-state index contributed by atoms with van der Waals surface area (Å²) in [6, 6.07) is 4.06. The fourth-order valence-electron chi connectivity index (χ4n) is 3.41. The van der Waals surface area contributed by atoms with Gasteiger partial charge in [-0.2, -0.15) is 0 Å². The molecule has 0 aliphatic rings. The molecule has 1 rings (SSSR count). The van der Waals surface area contributed by atoms with E-state index in [2.05, 4.69) is 36.7 Å². The van der Waals surface area contributed by atoms with E-state index in [1.54, 1.807) is 6.26 Å². The molecule has 1 nitrogen and oxygen atoms in total. The van der Waals surface area contributed by atoms with Crippen molar-refractivity contribution >= 4 is 0 Å². The zero-order valence-corrected chi connectivity index (χ0v) is 18.4. The fourth-order valence-corrected chi connectivity index (χ4v) is 3.41. The van der Waals surface area contributed by atoms with E-state index in [0.29, 0.717) is 0 Å². The Bertz CT molecular complexity index is 547. The summed E-state index contributed by atoms with van der Waals surface area (Å²) in [6.45, 7) is 2.24. The molecule has 0 aliphatic carbocycles. The highest BCUT2D eigenvalue weighted by atomic mass is 16.3. The molecule has 28 heavy (non-hydrogen) atoms. The molecule has 1 heterocycles. The molecule has 1 heteroatoms. The normalized spacial score (nSPS) is 10.2. The van der Waals surface area contributed by atoms with Crippen LogP contribution >= 0.6 is 0 Å². The zero-order valence-electron chi connectivity index (χ0n) is 18.4. The molecule has 0 unspecified atom stereocenters. The van der Waals surface area contributed by atoms with E-state index in [1.807, 2.05) is 6.07 Å². The topological polar surface area (TPSA) is 13.1 Å². The van der Waals surface area contributed by atoms with Crippen LogP contribution < -0.4 is 0 Å². The van der Waals surface area contributed by atoms with Crippen molar-refractivity contribution in [3.8, 4) is 23.7 Å². The summed E-state index contributed by atoms with van der Waals surface area (Å²) >= 11 is 0. The second kappa shape index (κ2) is 20.1. The largest absolute Gasteiger partial charge is 0.469 e. The zero-order chi connectivity index (χ0) is 20.0. The molecule has 0 aromatic carbocycles. The molecular weight excluding hydrogens is 340 g/mol. The lowest BCUT2D eigenvalue weighted by Gasteiger charge is -2.02. The monoisotopic (exact) mass is 382 g/mol. The number of aryl methyl sites for hydroxylation is 1. The minimum absolute atomic E-state index is 1.01. The summed E-state index contributed by atoms with van der Waals surface area (Å²) in [7, 11) is 0. The number of furan rings is 1. The van der Waals surface area contributed by atoms with Crippen LogP contribution in [0.25, 0.3) is 0 Å². The second-order valence-electron chi connectivity index (χ2n) is 7.88. The van der Waals surface area contributed by atoms with Crippen LogP contribution in [0.3, 0.4) is 0 Å². The highest BCUT2D eigenvalue weighted by Crippen LogP contribution is 2.13. The molecule has 0 N–H and O–H groups in total. The van der Waals surface area contributed by atoms with Gasteiger partial charge in [-0.3, -0.25) is 0 Å². The van der Waals surface area contributed by atoms with Gasteiger partial charge in [-0.05, 0) is 43.2 Å². The lowest BCUT2D eigenvalue weighted by Crippen LogP contribution is -1.85. The van der Waals surface area contributed by atoms with Gasteiger partial charge in [0.05, 0.1) is 6.26 Å². The first kappa shape index (κ1) is 24.4. The van der Waals surface area contributed by atoms with Crippen molar-refractivity contribution in [3.63, 3.8) is 0 Å². The summed E-state index contributed by atoms with van der Waals surface area (Å²) in [5.41, 5.74) is 0. The summed E-state index contributed by atoms with van der Waals surface area (Å²) in [5, 5.41) is 0. The Morgan fingerprint density at radius 3 is 1.64 bits per heavy atom. The van der Waals surface area contributed by atoms with Gasteiger partial charge in [0.2, 0.25) is 0 Å². The Kier molecular flexibility index (Phi) is 17.6. The smallest absolute Gasteiger partial charge is 0.103 e. The van der Waals surface area contributed by atoms with Crippen LogP contribution in [0.2, 0.25) is 0 Å². The van der Waals surface area contributed by atoms with Gasteiger partial charge < -0.3 is 4.42 Å². The Labute approximate surface area is 175 Å². The summed E-state index contributed by atoms with van der Waals surface area (Å²) in [6.07, 6.45) is 25.0. The molecule has 0 amide bonds. The Balaban J connectivity index is 1.74. The molecule has 156 valence electrons. The third-order valence-electron chi connectivity index (χ3n) is 5.20. The Morgan fingerprint density at radius 1 is 0.643 bits per heavy atom. The maximum absolute atomic E-state index is 5.36. The van der Waals surface area contributed by atoms with E-state index in [9.17, 15) is 0 Å². The molecule has 1 aromatic heterocycles. The van der Waals surface area contributed by atoms with Crippen molar-refractivity contribution in [3.05, 3.63) is 24.2 Å². The van der Waals surface area contributed by atoms with E-state index in [0.717, 1.165) is 25.0 Å². The number of unbranched alkanes of at least 4 members (excludes halogenated alkanes) is 15. The standard InChI is InChI=1S/C27H42O/c1-2-3-4-5-6-7-8-9-10-11-12-13-14-15-16-17-18-19-20-21-22-24-27-25-23-26-28-27/h23,25-26H,2-6,11-22,24H2,1H3. The van der Waals surface area contributed by atoms with Gasteiger partial charge in [-0.15, -0.1) is 0 Å². The predicted octanol–water partition coefficient (Wildman–Crippen LogP) is 8.48. The minimum atomic E-state index is 1.01. The average Bonchev–Trinajstić information content (AvgIpc) is 3.22. The predicted molar refractivity (Wildman–Crippen MR) is 122 cm³/mol. The van der Waals surface area contributed by atoms with E-state index in [4.69, 9.17) is 4.42 Å². The molecule has 0 bridgehead atoms. The van der Waals surface area contributed by atoms with Gasteiger partial charge in [0.15, 0.2) is 0 Å². The Hall–Kier alpha value is -1.60. The van der Waals surface area contributed by atoms with Gasteiger partial charge in [-0.25, -0.2) is 0 Å². The van der Waals surface area contributed by atoms with E-state index < -0.39 is 0 Å². The van der Waals surface area contributed by atoms with E-state index in [-0.39, 0.29) is 0 Å². The van der Waals surface area contributed by atoms with E-state index in [1.165, 1.54) is 96.3 Å². The molecule has 0 fully saturated rings. The van der Waals surface area contributed by atoms with Crippen molar-refractivity contribution in [1.82, 2.24) is 0 Å². The first-order valence-corrected chi connectivity index (χ1v) is 11.9. The number of hydrogen-bond donors (Lipinski definition) is 0. The number of rotatable bonds is 17. The minimum Gasteiger partial charge on any atom is -0.469 e. The lowest BCUT2D eigenvalue weighted by molar-refractivity contribution is 0.489. The molecule has 0 radical (unpaired) electrons. The summed E-state index contributed by atoms with van der Waals surface area (Å²) in [5.74, 6) is 13.5. The molecule has 0 aliphatic heterocycles. The van der Waals surface area contributed by atoms with Crippen molar-refractivity contribution in [2.24, 2.45) is 0 Å².